The first-order valence-electron chi connectivity index (χ1n) is 4.98. The lowest BCUT2D eigenvalue weighted by atomic mass is 10.5. The Kier molecular flexibility index (Phi) is 5.76. The SMILES string of the molecule is O=C(NCCSc1ccccn1)OCC(F)(F)F. The van der Waals surface area contributed by atoms with Crippen molar-refractivity contribution in [2.24, 2.45) is 0 Å². The van der Waals surface area contributed by atoms with Crippen molar-refractivity contribution in [1.82, 2.24) is 10.3 Å². The van der Waals surface area contributed by atoms with Crippen molar-refractivity contribution in [2.75, 3.05) is 18.9 Å². The number of carbonyl (C=O) groups is 1. The molecule has 8 heteroatoms. The molecule has 0 aromatic carbocycles. The van der Waals surface area contributed by atoms with Crippen LogP contribution in [0.25, 0.3) is 0 Å². The van der Waals surface area contributed by atoms with Gasteiger partial charge in [0.1, 0.15) is 0 Å². The molecule has 0 fully saturated rings. The summed E-state index contributed by atoms with van der Waals surface area (Å²) in [7, 11) is 0. The molecule has 1 heterocycles. The molecule has 1 aromatic heterocycles. The second kappa shape index (κ2) is 7.10. The van der Waals surface area contributed by atoms with Gasteiger partial charge in [0.25, 0.3) is 0 Å². The molecule has 0 saturated carbocycles. The maximum Gasteiger partial charge on any atom is 0.422 e. The van der Waals surface area contributed by atoms with Crippen LogP contribution in [0.1, 0.15) is 0 Å². The first-order valence-corrected chi connectivity index (χ1v) is 5.97. The number of pyridine rings is 1. The van der Waals surface area contributed by atoms with Crippen molar-refractivity contribution >= 4 is 17.9 Å². The van der Waals surface area contributed by atoms with E-state index in [1.54, 1.807) is 18.3 Å². The standard InChI is InChI=1S/C10H11F3N2O2S/c11-10(12,13)7-17-9(16)15-5-6-18-8-3-1-2-4-14-8/h1-4H,5-7H2,(H,15,16). The first-order chi connectivity index (χ1) is 8.47. The van der Waals surface area contributed by atoms with Gasteiger partial charge in [0.2, 0.25) is 0 Å². The van der Waals surface area contributed by atoms with E-state index in [4.69, 9.17) is 0 Å². The number of amides is 1. The monoisotopic (exact) mass is 280 g/mol. The maximum atomic E-state index is 11.7. The number of rotatable bonds is 5. The van der Waals surface area contributed by atoms with Gasteiger partial charge in [-0.25, -0.2) is 9.78 Å². The molecule has 4 nitrogen and oxygen atoms in total. The van der Waals surface area contributed by atoms with Crippen LogP contribution in [0.15, 0.2) is 29.4 Å². The van der Waals surface area contributed by atoms with E-state index in [1.165, 1.54) is 11.8 Å². The van der Waals surface area contributed by atoms with E-state index in [1.807, 2.05) is 6.07 Å². The van der Waals surface area contributed by atoms with Crippen LogP contribution in [-0.4, -0.2) is 36.2 Å². The Hall–Kier alpha value is -1.44. The summed E-state index contributed by atoms with van der Waals surface area (Å²) in [5.41, 5.74) is 0. The maximum absolute atomic E-state index is 11.7. The fourth-order valence-electron chi connectivity index (χ4n) is 0.940. The fourth-order valence-corrected chi connectivity index (χ4v) is 1.66. The number of halogens is 3. The van der Waals surface area contributed by atoms with Gasteiger partial charge in [0.15, 0.2) is 6.61 Å². The molecule has 0 aliphatic carbocycles. The highest BCUT2D eigenvalue weighted by Crippen LogP contribution is 2.14. The Bertz CT molecular complexity index is 373. The third kappa shape index (κ3) is 7.00. The van der Waals surface area contributed by atoms with Gasteiger partial charge < -0.3 is 10.1 Å². The van der Waals surface area contributed by atoms with Crippen LogP contribution < -0.4 is 5.32 Å². The number of alkyl halides is 3. The largest absolute Gasteiger partial charge is 0.440 e. The summed E-state index contributed by atoms with van der Waals surface area (Å²) in [6.07, 6.45) is -3.94. The number of carbonyl (C=O) groups excluding carboxylic acids is 1. The predicted molar refractivity (Wildman–Crippen MR) is 60.4 cm³/mol. The van der Waals surface area contributed by atoms with Gasteiger partial charge >= 0.3 is 12.3 Å². The van der Waals surface area contributed by atoms with Gasteiger partial charge in [-0.15, -0.1) is 11.8 Å². The average Bonchev–Trinajstić information content (AvgIpc) is 2.33. The number of hydrogen-bond acceptors (Lipinski definition) is 4. The molecule has 0 atom stereocenters. The highest BCUT2D eigenvalue weighted by Gasteiger charge is 2.29. The minimum absolute atomic E-state index is 0.206. The second-order valence-electron chi connectivity index (χ2n) is 3.13. The number of thioether (sulfide) groups is 1. The Balaban J connectivity index is 2.09. The molecule has 0 radical (unpaired) electrons. The quantitative estimate of drug-likeness (QED) is 0.665. The van der Waals surface area contributed by atoms with Crippen LogP contribution in [0, 0.1) is 0 Å². The van der Waals surface area contributed by atoms with E-state index >= 15 is 0 Å². The summed E-state index contributed by atoms with van der Waals surface area (Å²) in [6.45, 7) is -1.37. The molecule has 0 saturated heterocycles. The Morgan fingerprint density at radius 1 is 1.44 bits per heavy atom. The van der Waals surface area contributed by atoms with Crippen LogP contribution >= 0.6 is 11.8 Å². The molecule has 1 aromatic rings. The minimum Gasteiger partial charge on any atom is -0.440 e. The van der Waals surface area contributed by atoms with E-state index in [0.29, 0.717) is 5.75 Å². The van der Waals surface area contributed by atoms with Gasteiger partial charge in [-0.3, -0.25) is 0 Å². The first kappa shape index (κ1) is 14.6. The molecule has 1 amide bonds. The Morgan fingerprint density at radius 3 is 2.83 bits per heavy atom. The zero-order chi connectivity index (χ0) is 13.4. The number of ether oxygens (including phenoxy) is 1. The molecule has 1 N–H and O–H groups in total. The minimum atomic E-state index is -4.50. The number of alkyl carbamates (subject to hydrolysis) is 1. The zero-order valence-corrected chi connectivity index (χ0v) is 10.1. The molecule has 0 unspecified atom stereocenters. The third-order valence-electron chi connectivity index (χ3n) is 1.63. The van der Waals surface area contributed by atoms with Gasteiger partial charge in [0, 0.05) is 18.5 Å². The zero-order valence-electron chi connectivity index (χ0n) is 9.24. The number of hydrogen-bond donors (Lipinski definition) is 1. The second-order valence-corrected chi connectivity index (χ2v) is 4.25. The number of nitrogens with one attached hydrogen (secondary N) is 1. The molecular formula is C10H11F3N2O2S. The van der Waals surface area contributed by atoms with Crippen LogP contribution in [0.5, 0.6) is 0 Å². The smallest absolute Gasteiger partial charge is 0.422 e. The highest BCUT2D eigenvalue weighted by atomic mass is 32.2. The topological polar surface area (TPSA) is 51.2 Å². The van der Waals surface area contributed by atoms with Crippen LogP contribution in [0.4, 0.5) is 18.0 Å². The summed E-state index contributed by atoms with van der Waals surface area (Å²) in [5, 5.41) is 3.00. The Labute approximate surface area is 106 Å². The summed E-state index contributed by atoms with van der Waals surface area (Å²) in [6, 6.07) is 5.39. The molecule has 0 bridgehead atoms. The summed E-state index contributed by atoms with van der Waals surface area (Å²) < 4.78 is 39.1. The molecule has 0 aliphatic rings. The van der Waals surface area contributed by atoms with Crippen LogP contribution in [-0.2, 0) is 4.74 Å². The molecule has 18 heavy (non-hydrogen) atoms. The van der Waals surface area contributed by atoms with Crippen molar-refractivity contribution in [1.29, 1.82) is 0 Å². The summed E-state index contributed by atoms with van der Waals surface area (Å²) in [5.74, 6) is 0.498. The van der Waals surface area contributed by atoms with Gasteiger partial charge in [-0.1, -0.05) is 6.07 Å². The average molecular weight is 280 g/mol. The third-order valence-corrected chi connectivity index (χ3v) is 2.57. The number of aromatic nitrogens is 1. The summed E-state index contributed by atoms with van der Waals surface area (Å²) >= 11 is 1.38. The normalized spacial score (nSPS) is 11.1. The van der Waals surface area contributed by atoms with Crippen LogP contribution in [0.2, 0.25) is 0 Å². The van der Waals surface area contributed by atoms with E-state index < -0.39 is 18.9 Å². The fraction of sp³-hybridized carbons (Fsp3) is 0.400. The summed E-state index contributed by atoms with van der Waals surface area (Å²) in [4.78, 5) is 14.9. The lowest BCUT2D eigenvalue weighted by molar-refractivity contribution is -0.160. The molecule has 100 valence electrons. The molecule has 0 aliphatic heterocycles. The molecule has 1 rings (SSSR count). The number of nitrogens with zero attached hydrogens (tertiary/aromatic N) is 1. The van der Waals surface area contributed by atoms with E-state index in [2.05, 4.69) is 15.0 Å². The van der Waals surface area contributed by atoms with Crippen molar-refractivity contribution in [3.8, 4) is 0 Å². The molecular weight excluding hydrogens is 269 g/mol. The van der Waals surface area contributed by atoms with Gasteiger partial charge in [-0.05, 0) is 12.1 Å². The van der Waals surface area contributed by atoms with Crippen molar-refractivity contribution in [2.45, 2.75) is 11.2 Å². The van der Waals surface area contributed by atoms with E-state index in [-0.39, 0.29) is 6.54 Å². The van der Waals surface area contributed by atoms with Crippen molar-refractivity contribution in [3.63, 3.8) is 0 Å². The lowest BCUT2D eigenvalue weighted by Gasteiger charge is -2.08. The predicted octanol–water partition coefficient (Wildman–Crippen LogP) is 2.46. The Morgan fingerprint density at radius 2 is 2.22 bits per heavy atom. The van der Waals surface area contributed by atoms with Crippen molar-refractivity contribution in [3.05, 3.63) is 24.4 Å². The van der Waals surface area contributed by atoms with E-state index in [9.17, 15) is 18.0 Å². The lowest BCUT2D eigenvalue weighted by Crippen LogP contribution is -2.30. The van der Waals surface area contributed by atoms with Gasteiger partial charge in [0.05, 0.1) is 5.03 Å². The van der Waals surface area contributed by atoms with Crippen molar-refractivity contribution < 1.29 is 22.7 Å². The van der Waals surface area contributed by atoms with E-state index in [0.717, 1.165) is 5.03 Å². The van der Waals surface area contributed by atoms with Crippen LogP contribution in [0.3, 0.4) is 0 Å². The molecule has 0 spiro atoms. The highest BCUT2D eigenvalue weighted by molar-refractivity contribution is 7.99. The van der Waals surface area contributed by atoms with Gasteiger partial charge in [-0.2, -0.15) is 13.2 Å².